The largest absolute Gasteiger partial charge is 0.454 e. The van der Waals surface area contributed by atoms with Crippen molar-refractivity contribution in [3.63, 3.8) is 0 Å². The zero-order valence-corrected chi connectivity index (χ0v) is 21.0. The molecule has 0 radical (unpaired) electrons. The van der Waals surface area contributed by atoms with Crippen molar-refractivity contribution in [3.05, 3.63) is 88.5 Å². The van der Waals surface area contributed by atoms with Crippen molar-refractivity contribution in [1.82, 2.24) is 0 Å². The van der Waals surface area contributed by atoms with Gasteiger partial charge in [0.1, 0.15) is 18.2 Å². The first-order chi connectivity index (χ1) is 18.9. The van der Waals surface area contributed by atoms with Crippen LogP contribution in [0, 0.1) is 38.0 Å². The maximum atomic E-state index is 10.0. The van der Waals surface area contributed by atoms with Crippen LogP contribution in [-0.2, 0) is 13.5 Å². The topological polar surface area (TPSA) is 40.8 Å². The summed E-state index contributed by atoms with van der Waals surface area (Å²) < 4.78 is 50.6. The van der Waals surface area contributed by atoms with Crippen LogP contribution >= 0.6 is 0 Å². The van der Waals surface area contributed by atoms with Crippen LogP contribution in [0.15, 0.2) is 65.0 Å². The molecule has 2 heterocycles. The first-order valence-electron chi connectivity index (χ1n) is 14.3. The Hall–Kier alpha value is -3.90. The van der Waals surface area contributed by atoms with E-state index in [1.807, 2.05) is 26.1 Å². The van der Waals surface area contributed by atoms with E-state index in [4.69, 9.17) is 11.3 Å². The molecule has 0 bridgehead atoms. The van der Waals surface area contributed by atoms with Gasteiger partial charge in [-0.2, -0.15) is 9.83 Å². The third-order valence-corrected chi connectivity index (χ3v) is 6.78. The molecule has 3 aromatic carbocycles. The molecule has 0 aliphatic rings. The van der Waals surface area contributed by atoms with Gasteiger partial charge in [0, 0.05) is 35.4 Å². The van der Waals surface area contributed by atoms with E-state index in [-0.39, 0.29) is 17.6 Å². The normalized spacial score (nSPS) is 13.5. The van der Waals surface area contributed by atoms with E-state index in [1.165, 1.54) is 5.56 Å². The molecule has 3 heteroatoms. The number of aromatic nitrogens is 1. The van der Waals surface area contributed by atoms with Gasteiger partial charge in [-0.05, 0) is 54.5 Å². The fourth-order valence-corrected chi connectivity index (χ4v) is 4.97. The van der Waals surface area contributed by atoms with Crippen molar-refractivity contribution in [1.29, 1.82) is 5.26 Å². The molecule has 0 amide bonds. The van der Waals surface area contributed by atoms with Crippen LogP contribution in [-0.4, -0.2) is 0 Å². The Kier molecular flexibility index (Phi) is 4.36. The highest BCUT2D eigenvalue weighted by Crippen LogP contribution is 2.43. The molecule has 0 fully saturated rings. The number of benzene rings is 3. The minimum atomic E-state index is -0.462. The SMILES string of the molecule is [2H]c1c([2H])c([2H])c(-c2c(C)c(C#N)cc3c2oc2c(-c4cc(CC(C)C)cc(C)[n+]4C)c(C)ccc23)c([2H])c1[2H]. The van der Waals surface area contributed by atoms with E-state index in [2.05, 4.69) is 43.5 Å². The Labute approximate surface area is 214 Å². The highest BCUT2D eigenvalue weighted by atomic mass is 16.3. The molecule has 35 heavy (non-hydrogen) atoms. The quantitative estimate of drug-likeness (QED) is 0.255. The number of furan rings is 1. The molecule has 5 aromatic rings. The number of pyridine rings is 1. The van der Waals surface area contributed by atoms with Gasteiger partial charge in [0.05, 0.1) is 24.0 Å². The molecule has 0 saturated carbocycles. The highest BCUT2D eigenvalue weighted by molar-refractivity contribution is 6.14. The summed E-state index contributed by atoms with van der Waals surface area (Å²) in [5.41, 5.74) is 7.56. The zero-order chi connectivity index (χ0) is 29.2. The van der Waals surface area contributed by atoms with Crippen LogP contribution in [0.1, 0.15) is 48.6 Å². The number of nitriles is 1. The lowest BCUT2D eigenvalue weighted by Crippen LogP contribution is -2.35. The highest BCUT2D eigenvalue weighted by Gasteiger charge is 2.25. The molecular formula is C32H31N2O+. The number of hydrogen-bond donors (Lipinski definition) is 0. The van der Waals surface area contributed by atoms with Gasteiger partial charge in [0.15, 0.2) is 5.69 Å². The maximum absolute atomic E-state index is 10.0. The van der Waals surface area contributed by atoms with Crippen LogP contribution < -0.4 is 4.57 Å². The predicted octanol–water partition coefficient (Wildman–Crippen LogP) is 7.74. The molecule has 0 atom stereocenters. The van der Waals surface area contributed by atoms with Crippen LogP contribution in [0.25, 0.3) is 44.3 Å². The third kappa shape index (κ3) is 3.80. The Balaban J connectivity index is 1.96. The lowest BCUT2D eigenvalue weighted by Gasteiger charge is -2.11. The Morgan fingerprint density at radius 1 is 0.971 bits per heavy atom. The number of rotatable bonds is 4. The van der Waals surface area contributed by atoms with E-state index in [9.17, 15) is 5.26 Å². The van der Waals surface area contributed by atoms with Gasteiger partial charge in [-0.3, -0.25) is 0 Å². The molecule has 0 unspecified atom stereocenters. The van der Waals surface area contributed by atoms with Gasteiger partial charge in [0.2, 0.25) is 5.69 Å². The molecule has 0 aliphatic heterocycles. The summed E-state index contributed by atoms with van der Waals surface area (Å²) in [6.45, 7) is 10.2. The predicted molar refractivity (Wildman–Crippen MR) is 143 cm³/mol. The summed E-state index contributed by atoms with van der Waals surface area (Å²) in [5.74, 6) is 0.495. The first-order valence-corrected chi connectivity index (χ1v) is 11.8. The smallest absolute Gasteiger partial charge is 0.216 e. The second-order valence-electron chi connectivity index (χ2n) is 9.70. The summed E-state index contributed by atoms with van der Waals surface area (Å²) in [5, 5.41) is 11.5. The standard InChI is InChI=1S/C32H31N2O/c1-19(2)14-23-15-21(4)34(6)28(16-23)29-20(3)12-13-26-27-17-25(18-33)22(5)30(32(27)35-31(26)29)24-10-8-7-9-11-24/h7-13,15-17,19H,14H2,1-6H3/q+1/i7D,8D,9D,10D,11D. The summed E-state index contributed by atoms with van der Waals surface area (Å²) >= 11 is 0. The Morgan fingerprint density at radius 3 is 2.37 bits per heavy atom. The fraction of sp³-hybridized carbons (Fsp3) is 0.250. The van der Waals surface area contributed by atoms with E-state index in [1.54, 1.807) is 13.0 Å². The van der Waals surface area contributed by atoms with Gasteiger partial charge in [0.25, 0.3) is 0 Å². The summed E-state index contributed by atoms with van der Waals surface area (Å²) in [6, 6.07) is 10.4. The third-order valence-electron chi connectivity index (χ3n) is 6.78. The van der Waals surface area contributed by atoms with E-state index in [0.717, 1.165) is 34.3 Å². The Morgan fingerprint density at radius 2 is 1.69 bits per heavy atom. The van der Waals surface area contributed by atoms with Crippen LogP contribution in [0.2, 0.25) is 0 Å². The van der Waals surface area contributed by atoms with Gasteiger partial charge in [-0.1, -0.05) is 56.2 Å². The average Bonchev–Trinajstić information content (AvgIpc) is 3.27. The number of nitrogens with zero attached hydrogens (tertiary/aromatic N) is 2. The van der Waals surface area contributed by atoms with Crippen molar-refractivity contribution >= 4 is 21.9 Å². The van der Waals surface area contributed by atoms with Crippen molar-refractivity contribution in [2.24, 2.45) is 13.0 Å². The molecule has 3 nitrogen and oxygen atoms in total. The second kappa shape index (κ2) is 8.71. The summed E-state index contributed by atoms with van der Waals surface area (Å²) in [7, 11) is 2.03. The first kappa shape index (κ1) is 17.5. The monoisotopic (exact) mass is 464 g/mol. The van der Waals surface area contributed by atoms with Crippen molar-refractivity contribution < 1.29 is 15.8 Å². The lowest BCUT2D eigenvalue weighted by molar-refractivity contribution is -0.666. The molecule has 5 rings (SSSR count). The summed E-state index contributed by atoms with van der Waals surface area (Å²) in [4.78, 5) is 0. The number of fused-ring (bicyclic) bond motifs is 3. The molecule has 0 aliphatic carbocycles. The van der Waals surface area contributed by atoms with Crippen molar-refractivity contribution in [3.8, 4) is 28.5 Å². The second-order valence-corrected chi connectivity index (χ2v) is 9.70. The van der Waals surface area contributed by atoms with E-state index in [0.29, 0.717) is 39.2 Å². The fourth-order valence-electron chi connectivity index (χ4n) is 4.97. The van der Waals surface area contributed by atoms with Crippen molar-refractivity contribution in [2.45, 2.75) is 41.0 Å². The van der Waals surface area contributed by atoms with E-state index < -0.39 is 18.1 Å². The zero-order valence-electron chi connectivity index (χ0n) is 26.0. The molecule has 0 N–H and O–H groups in total. The van der Waals surface area contributed by atoms with E-state index >= 15 is 0 Å². The minimum Gasteiger partial charge on any atom is -0.454 e. The molecule has 0 saturated heterocycles. The summed E-state index contributed by atoms with van der Waals surface area (Å²) in [6.07, 6.45) is 0.939. The maximum Gasteiger partial charge on any atom is 0.216 e. The number of hydrogen-bond acceptors (Lipinski definition) is 2. The lowest BCUT2D eigenvalue weighted by atomic mass is 9.93. The van der Waals surface area contributed by atoms with Crippen LogP contribution in [0.4, 0.5) is 0 Å². The average molecular weight is 465 g/mol. The molecular weight excluding hydrogens is 428 g/mol. The molecule has 2 aromatic heterocycles. The minimum absolute atomic E-state index is 0.0308. The van der Waals surface area contributed by atoms with Gasteiger partial charge >= 0.3 is 0 Å². The van der Waals surface area contributed by atoms with Gasteiger partial charge < -0.3 is 4.42 Å². The van der Waals surface area contributed by atoms with Crippen LogP contribution in [0.3, 0.4) is 0 Å². The molecule has 0 spiro atoms. The van der Waals surface area contributed by atoms with Gasteiger partial charge in [-0.15, -0.1) is 0 Å². The van der Waals surface area contributed by atoms with Crippen LogP contribution in [0.5, 0.6) is 0 Å². The Bertz CT molecular complexity index is 1890. The molecule has 174 valence electrons. The van der Waals surface area contributed by atoms with Crippen molar-refractivity contribution in [2.75, 3.05) is 0 Å². The van der Waals surface area contributed by atoms with Gasteiger partial charge in [-0.25, -0.2) is 0 Å². The number of aryl methyl sites for hydroxylation is 2.